The maximum Gasteiger partial charge on any atom is 0.356 e. The van der Waals surface area contributed by atoms with E-state index in [2.05, 4.69) is 4.98 Å². The van der Waals surface area contributed by atoms with Crippen LogP contribution >= 0.6 is 11.6 Å². The van der Waals surface area contributed by atoms with Crippen molar-refractivity contribution in [3.05, 3.63) is 70.4 Å². The Morgan fingerprint density at radius 3 is 2.58 bits per heavy atom. The number of benzene rings is 2. The van der Waals surface area contributed by atoms with Crippen LogP contribution in [0.4, 0.5) is 0 Å². The minimum absolute atomic E-state index is 0.200. The molecule has 5 heteroatoms. The zero-order valence-electron chi connectivity index (χ0n) is 13.4. The van der Waals surface area contributed by atoms with Crippen LogP contribution in [0.2, 0.25) is 5.02 Å². The van der Waals surface area contributed by atoms with Crippen molar-refractivity contribution in [3.63, 3.8) is 0 Å². The third kappa shape index (κ3) is 3.49. The second kappa shape index (κ2) is 6.89. The van der Waals surface area contributed by atoms with E-state index in [4.69, 9.17) is 21.1 Å². The molecule has 0 N–H and O–H groups in total. The number of methoxy groups -OCH3 is 1. The van der Waals surface area contributed by atoms with Crippen molar-refractivity contribution < 1.29 is 14.3 Å². The number of rotatable bonds is 4. The summed E-state index contributed by atoms with van der Waals surface area (Å²) >= 11 is 6.08. The van der Waals surface area contributed by atoms with Crippen molar-refractivity contribution in [1.29, 1.82) is 0 Å². The van der Waals surface area contributed by atoms with Crippen LogP contribution in [0.3, 0.4) is 0 Å². The maximum atomic E-state index is 11.8. The molecule has 3 aromatic rings. The van der Waals surface area contributed by atoms with E-state index < -0.39 is 5.97 Å². The minimum Gasteiger partial charge on any atom is -0.488 e. The Balaban J connectivity index is 1.98. The number of carbonyl (C=O) groups is 1. The van der Waals surface area contributed by atoms with E-state index in [1.165, 1.54) is 12.7 Å². The van der Waals surface area contributed by atoms with E-state index in [0.717, 1.165) is 10.9 Å². The SMILES string of the molecule is COC(=O)c1cc(OCc2ccc(C)cc2)c2cc(Cl)ccc2n1. The fourth-order valence-electron chi connectivity index (χ4n) is 2.34. The van der Waals surface area contributed by atoms with Gasteiger partial charge in [0.1, 0.15) is 12.4 Å². The second-order valence-electron chi connectivity index (χ2n) is 5.43. The first kappa shape index (κ1) is 16.3. The van der Waals surface area contributed by atoms with Gasteiger partial charge in [0, 0.05) is 16.5 Å². The molecule has 0 aliphatic rings. The van der Waals surface area contributed by atoms with Gasteiger partial charge in [-0.1, -0.05) is 41.4 Å². The Labute approximate surface area is 145 Å². The quantitative estimate of drug-likeness (QED) is 0.652. The summed E-state index contributed by atoms with van der Waals surface area (Å²) in [5, 5.41) is 1.33. The largest absolute Gasteiger partial charge is 0.488 e. The number of carbonyl (C=O) groups excluding carboxylic acids is 1. The Kier molecular flexibility index (Phi) is 4.67. The van der Waals surface area contributed by atoms with Crippen LogP contribution in [0.15, 0.2) is 48.5 Å². The van der Waals surface area contributed by atoms with Gasteiger partial charge in [0.25, 0.3) is 0 Å². The molecule has 24 heavy (non-hydrogen) atoms. The van der Waals surface area contributed by atoms with Gasteiger partial charge in [-0.25, -0.2) is 9.78 Å². The number of aryl methyl sites for hydroxylation is 1. The number of aromatic nitrogens is 1. The summed E-state index contributed by atoms with van der Waals surface area (Å²) in [6.45, 7) is 2.41. The van der Waals surface area contributed by atoms with Gasteiger partial charge in [-0.05, 0) is 30.7 Å². The first-order valence-corrected chi connectivity index (χ1v) is 7.81. The van der Waals surface area contributed by atoms with Crippen LogP contribution in [-0.4, -0.2) is 18.1 Å². The Morgan fingerprint density at radius 2 is 1.88 bits per heavy atom. The van der Waals surface area contributed by atoms with Crippen LogP contribution in [0.5, 0.6) is 5.75 Å². The predicted molar refractivity (Wildman–Crippen MR) is 93.6 cm³/mol. The standard InChI is InChI=1S/C19H16ClNO3/c1-12-3-5-13(6-4-12)11-24-18-10-17(19(22)23-2)21-16-8-7-14(20)9-15(16)18/h3-10H,11H2,1-2H3. The third-order valence-electron chi connectivity index (χ3n) is 3.64. The Hall–Kier alpha value is -2.59. The van der Waals surface area contributed by atoms with Crippen molar-refractivity contribution in [2.45, 2.75) is 13.5 Å². The molecule has 122 valence electrons. The van der Waals surface area contributed by atoms with Gasteiger partial charge >= 0.3 is 5.97 Å². The molecule has 0 spiro atoms. The fourth-order valence-corrected chi connectivity index (χ4v) is 2.51. The van der Waals surface area contributed by atoms with E-state index >= 15 is 0 Å². The van der Waals surface area contributed by atoms with E-state index in [0.29, 0.717) is 22.9 Å². The predicted octanol–water partition coefficient (Wildman–Crippen LogP) is 4.56. The molecule has 0 unspecified atom stereocenters. The summed E-state index contributed by atoms with van der Waals surface area (Å²) in [6.07, 6.45) is 0. The highest BCUT2D eigenvalue weighted by Crippen LogP contribution is 2.29. The molecular weight excluding hydrogens is 326 g/mol. The van der Waals surface area contributed by atoms with E-state index in [-0.39, 0.29) is 5.69 Å². The van der Waals surface area contributed by atoms with E-state index in [1.54, 1.807) is 24.3 Å². The molecule has 0 saturated heterocycles. The molecule has 0 saturated carbocycles. The molecule has 0 atom stereocenters. The monoisotopic (exact) mass is 341 g/mol. The first-order valence-electron chi connectivity index (χ1n) is 7.44. The van der Waals surface area contributed by atoms with Gasteiger partial charge in [0.05, 0.1) is 12.6 Å². The minimum atomic E-state index is -0.507. The van der Waals surface area contributed by atoms with Crippen molar-refractivity contribution in [1.82, 2.24) is 4.98 Å². The first-order chi connectivity index (χ1) is 11.6. The smallest absolute Gasteiger partial charge is 0.356 e. The summed E-state index contributed by atoms with van der Waals surface area (Å²) in [4.78, 5) is 16.1. The summed E-state index contributed by atoms with van der Waals surface area (Å²) in [5.74, 6) is 0.0375. The molecule has 3 rings (SSSR count). The summed E-state index contributed by atoms with van der Waals surface area (Å²) in [5.41, 5.74) is 3.05. The van der Waals surface area contributed by atoms with Crippen LogP contribution in [0.25, 0.3) is 10.9 Å². The molecule has 2 aromatic carbocycles. The van der Waals surface area contributed by atoms with Gasteiger partial charge in [-0.15, -0.1) is 0 Å². The second-order valence-corrected chi connectivity index (χ2v) is 5.87. The molecule has 0 radical (unpaired) electrons. The van der Waals surface area contributed by atoms with Crippen LogP contribution in [0, 0.1) is 6.92 Å². The van der Waals surface area contributed by atoms with Gasteiger partial charge in [0.15, 0.2) is 5.69 Å². The third-order valence-corrected chi connectivity index (χ3v) is 3.88. The van der Waals surface area contributed by atoms with Gasteiger partial charge < -0.3 is 9.47 Å². The van der Waals surface area contributed by atoms with E-state index in [9.17, 15) is 4.79 Å². The lowest BCUT2D eigenvalue weighted by atomic mass is 10.1. The van der Waals surface area contributed by atoms with Gasteiger partial charge in [0.2, 0.25) is 0 Å². The van der Waals surface area contributed by atoms with Crippen molar-refractivity contribution >= 4 is 28.5 Å². The highest BCUT2D eigenvalue weighted by atomic mass is 35.5. The van der Waals surface area contributed by atoms with Crippen molar-refractivity contribution in [3.8, 4) is 5.75 Å². The molecule has 0 amide bonds. The van der Waals surface area contributed by atoms with Crippen LogP contribution in [0.1, 0.15) is 21.6 Å². The zero-order valence-corrected chi connectivity index (χ0v) is 14.1. The molecule has 0 aliphatic carbocycles. The Bertz CT molecular complexity index is 891. The number of esters is 1. The molecule has 1 heterocycles. The number of halogens is 1. The fraction of sp³-hybridized carbons (Fsp3) is 0.158. The summed E-state index contributed by atoms with van der Waals surface area (Å²) < 4.78 is 10.7. The molecule has 0 aliphatic heterocycles. The van der Waals surface area contributed by atoms with E-state index in [1.807, 2.05) is 31.2 Å². The Morgan fingerprint density at radius 1 is 1.12 bits per heavy atom. The molecule has 4 nitrogen and oxygen atoms in total. The van der Waals surface area contributed by atoms with Gasteiger partial charge in [-0.2, -0.15) is 0 Å². The number of pyridine rings is 1. The van der Waals surface area contributed by atoms with Crippen LogP contribution < -0.4 is 4.74 Å². The molecule has 0 bridgehead atoms. The van der Waals surface area contributed by atoms with Crippen LogP contribution in [-0.2, 0) is 11.3 Å². The summed E-state index contributed by atoms with van der Waals surface area (Å²) in [7, 11) is 1.32. The average molecular weight is 342 g/mol. The normalized spacial score (nSPS) is 10.6. The highest BCUT2D eigenvalue weighted by Gasteiger charge is 2.14. The lowest BCUT2D eigenvalue weighted by Crippen LogP contribution is -2.06. The number of hydrogen-bond donors (Lipinski definition) is 0. The van der Waals surface area contributed by atoms with Crippen molar-refractivity contribution in [2.75, 3.05) is 7.11 Å². The van der Waals surface area contributed by atoms with Crippen molar-refractivity contribution in [2.24, 2.45) is 0 Å². The lowest BCUT2D eigenvalue weighted by Gasteiger charge is -2.11. The number of ether oxygens (including phenoxy) is 2. The zero-order chi connectivity index (χ0) is 17.1. The number of hydrogen-bond acceptors (Lipinski definition) is 4. The van der Waals surface area contributed by atoms with Gasteiger partial charge in [-0.3, -0.25) is 0 Å². The molecule has 0 fully saturated rings. The number of fused-ring (bicyclic) bond motifs is 1. The lowest BCUT2D eigenvalue weighted by molar-refractivity contribution is 0.0594. The number of nitrogens with zero attached hydrogens (tertiary/aromatic N) is 1. The molecular formula is C19H16ClNO3. The summed E-state index contributed by atoms with van der Waals surface area (Å²) in [6, 6.07) is 14.9. The topological polar surface area (TPSA) is 48.4 Å². The molecule has 1 aromatic heterocycles. The average Bonchev–Trinajstić information content (AvgIpc) is 2.60. The maximum absolute atomic E-state index is 11.8. The highest BCUT2D eigenvalue weighted by molar-refractivity contribution is 6.31.